The van der Waals surface area contributed by atoms with Gasteiger partial charge in [-0.2, -0.15) is 5.26 Å². The van der Waals surface area contributed by atoms with Gasteiger partial charge in [0, 0.05) is 23.9 Å². The van der Waals surface area contributed by atoms with Gasteiger partial charge in [0.2, 0.25) is 0 Å². The second kappa shape index (κ2) is 7.19. The fraction of sp³-hybridized carbons (Fsp3) is 0.750. The number of likely N-dealkylation sites (tertiary alicyclic amines) is 1. The van der Waals surface area contributed by atoms with Crippen molar-refractivity contribution in [1.29, 1.82) is 5.26 Å². The SMILES string of the molecule is CC(C)c1nc(CCN2CCCCC2C)sc1CC#N. The molecule has 2 rings (SSSR count). The number of hydrogen-bond donors (Lipinski definition) is 0. The minimum atomic E-state index is 0.414. The van der Waals surface area contributed by atoms with Crippen molar-refractivity contribution >= 4 is 11.3 Å². The Labute approximate surface area is 126 Å². The highest BCUT2D eigenvalue weighted by Gasteiger charge is 2.19. The highest BCUT2D eigenvalue weighted by molar-refractivity contribution is 7.11. The number of rotatable bonds is 5. The first-order chi connectivity index (χ1) is 9.61. The van der Waals surface area contributed by atoms with Gasteiger partial charge < -0.3 is 4.90 Å². The van der Waals surface area contributed by atoms with E-state index in [0.29, 0.717) is 18.4 Å². The molecule has 1 atom stereocenters. The molecule has 0 bridgehead atoms. The summed E-state index contributed by atoms with van der Waals surface area (Å²) < 4.78 is 0. The average Bonchev–Trinajstić information content (AvgIpc) is 2.82. The van der Waals surface area contributed by atoms with E-state index in [4.69, 9.17) is 10.2 Å². The minimum absolute atomic E-state index is 0.414. The molecule has 1 aliphatic rings. The van der Waals surface area contributed by atoms with Gasteiger partial charge in [0.25, 0.3) is 0 Å². The topological polar surface area (TPSA) is 39.9 Å². The van der Waals surface area contributed by atoms with Crippen LogP contribution in [0.1, 0.15) is 61.5 Å². The van der Waals surface area contributed by atoms with Crippen LogP contribution < -0.4 is 0 Å². The number of aromatic nitrogens is 1. The first-order valence-corrected chi connectivity index (χ1v) is 8.53. The Balaban J connectivity index is 1.99. The Morgan fingerprint density at radius 2 is 2.25 bits per heavy atom. The highest BCUT2D eigenvalue weighted by atomic mass is 32.1. The summed E-state index contributed by atoms with van der Waals surface area (Å²) in [5.41, 5.74) is 1.14. The number of nitrogens with zero attached hydrogens (tertiary/aromatic N) is 3. The molecule has 1 fully saturated rings. The number of nitriles is 1. The van der Waals surface area contributed by atoms with E-state index < -0.39 is 0 Å². The van der Waals surface area contributed by atoms with Crippen molar-refractivity contribution in [2.75, 3.05) is 13.1 Å². The van der Waals surface area contributed by atoms with Gasteiger partial charge in [-0.25, -0.2) is 4.98 Å². The predicted molar refractivity (Wildman–Crippen MR) is 84.1 cm³/mol. The highest BCUT2D eigenvalue weighted by Crippen LogP contribution is 2.26. The molecule has 0 spiro atoms. The second-order valence-electron chi connectivity index (χ2n) is 6.04. The van der Waals surface area contributed by atoms with Crippen LogP contribution in [0.3, 0.4) is 0 Å². The van der Waals surface area contributed by atoms with E-state index in [9.17, 15) is 0 Å². The first kappa shape index (κ1) is 15.5. The molecule has 1 unspecified atom stereocenters. The molecule has 0 amide bonds. The van der Waals surface area contributed by atoms with E-state index in [1.807, 2.05) is 0 Å². The zero-order chi connectivity index (χ0) is 14.5. The molecule has 0 aliphatic carbocycles. The summed E-state index contributed by atoms with van der Waals surface area (Å²) >= 11 is 1.74. The van der Waals surface area contributed by atoms with Gasteiger partial charge in [0.05, 0.1) is 23.2 Å². The van der Waals surface area contributed by atoms with Gasteiger partial charge in [-0.15, -0.1) is 11.3 Å². The molecule has 1 aliphatic heterocycles. The van der Waals surface area contributed by atoms with Crippen molar-refractivity contribution < 1.29 is 0 Å². The van der Waals surface area contributed by atoms with E-state index in [-0.39, 0.29) is 0 Å². The molecule has 3 nitrogen and oxygen atoms in total. The third-order valence-electron chi connectivity index (χ3n) is 4.11. The second-order valence-corrected chi connectivity index (χ2v) is 7.20. The molecule has 2 heterocycles. The Kier molecular flexibility index (Phi) is 5.56. The lowest BCUT2D eigenvalue weighted by atomic mass is 10.0. The zero-order valence-corrected chi connectivity index (χ0v) is 13.7. The quantitative estimate of drug-likeness (QED) is 0.829. The van der Waals surface area contributed by atoms with Crippen LogP contribution in [-0.2, 0) is 12.8 Å². The van der Waals surface area contributed by atoms with Gasteiger partial charge in [0.15, 0.2) is 0 Å². The van der Waals surface area contributed by atoms with Crippen LogP contribution in [0, 0.1) is 11.3 Å². The van der Waals surface area contributed by atoms with Crippen LogP contribution in [0.2, 0.25) is 0 Å². The third kappa shape index (κ3) is 3.80. The van der Waals surface area contributed by atoms with Crippen molar-refractivity contribution in [3.05, 3.63) is 15.6 Å². The molecule has 20 heavy (non-hydrogen) atoms. The van der Waals surface area contributed by atoms with E-state index in [1.165, 1.54) is 35.7 Å². The lowest BCUT2D eigenvalue weighted by Gasteiger charge is -2.33. The van der Waals surface area contributed by atoms with Crippen molar-refractivity contribution in [2.45, 2.75) is 64.8 Å². The van der Waals surface area contributed by atoms with Crippen LogP contribution in [-0.4, -0.2) is 29.0 Å². The fourth-order valence-electron chi connectivity index (χ4n) is 2.90. The molecule has 0 saturated carbocycles. The Morgan fingerprint density at radius 1 is 1.45 bits per heavy atom. The summed E-state index contributed by atoms with van der Waals surface area (Å²) in [6, 6.07) is 2.98. The van der Waals surface area contributed by atoms with Crippen molar-refractivity contribution in [2.24, 2.45) is 0 Å². The number of hydrogen-bond acceptors (Lipinski definition) is 4. The smallest absolute Gasteiger partial charge is 0.0944 e. The number of piperidine rings is 1. The maximum absolute atomic E-state index is 8.92. The maximum atomic E-state index is 8.92. The van der Waals surface area contributed by atoms with Crippen LogP contribution >= 0.6 is 11.3 Å². The summed E-state index contributed by atoms with van der Waals surface area (Å²) in [7, 11) is 0. The predicted octanol–water partition coefficient (Wildman–Crippen LogP) is 3.75. The third-order valence-corrected chi connectivity index (χ3v) is 5.24. The molecule has 0 N–H and O–H groups in total. The van der Waals surface area contributed by atoms with Gasteiger partial charge in [-0.05, 0) is 32.2 Å². The molecular formula is C16H25N3S. The lowest BCUT2D eigenvalue weighted by Crippen LogP contribution is -2.38. The van der Waals surface area contributed by atoms with Crippen LogP contribution in [0.25, 0.3) is 0 Å². The summed E-state index contributed by atoms with van der Waals surface area (Å²) in [4.78, 5) is 8.54. The Bertz CT molecular complexity index is 473. The minimum Gasteiger partial charge on any atom is -0.300 e. The van der Waals surface area contributed by atoms with Gasteiger partial charge in [-0.1, -0.05) is 20.3 Å². The average molecular weight is 291 g/mol. The van der Waals surface area contributed by atoms with Crippen LogP contribution in [0.4, 0.5) is 0 Å². The summed E-state index contributed by atoms with van der Waals surface area (Å²) in [5, 5.41) is 10.1. The molecule has 1 saturated heterocycles. The summed E-state index contributed by atoms with van der Waals surface area (Å²) in [6.45, 7) is 8.99. The van der Waals surface area contributed by atoms with Gasteiger partial charge in [-0.3, -0.25) is 0 Å². The van der Waals surface area contributed by atoms with Gasteiger partial charge >= 0.3 is 0 Å². The fourth-order valence-corrected chi connectivity index (χ4v) is 4.04. The molecule has 0 aromatic carbocycles. The van der Waals surface area contributed by atoms with Crippen molar-refractivity contribution in [1.82, 2.24) is 9.88 Å². The molecule has 0 radical (unpaired) electrons. The van der Waals surface area contributed by atoms with Crippen molar-refractivity contribution in [3.8, 4) is 6.07 Å². The summed E-state index contributed by atoms with van der Waals surface area (Å²) in [6.07, 6.45) is 5.57. The Hall–Kier alpha value is -0.920. The molecular weight excluding hydrogens is 266 g/mol. The Morgan fingerprint density at radius 3 is 2.90 bits per heavy atom. The zero-order valence-electron chi connectivity index (χ0n) is 12.9. The molecule has 1 aromatic heterocycles. The lowest BCUT2D eigenvalue weighted by molar-refractivity contribution is 0.163. The summed E-state index contributed by atoms with van der Waals surface area (Å²) in [5.74, 6) is 0.414. The van der Waals surface area contributed by atoms with E-state index in [1.54, 1.807) is 11.3 Å². The maximum Gasteiger partial charge on any atom is 0.0944 e. The molecule has 110 valence electrons. The number of thiazole rings is 1. The van der Waals surface area contributed by atoms with E-state index in [2.05, 4.69) is 31.7 Å². The van der Waals surface area contributed by atoms with Crippen LogP contribution in [0.5, 0.6) is 0 Å². The first-order valence-electron chi connectivity index (χ1n) is 7.71. The molecule has 1 aromatic rings. The molecule has 4 heteroatoms. The largest absolute Gasteiger partial charge is 0.300 e. The van der Waals surface area contributed by atoms with Crippen LogP contribution in [0.15, 0.2) is 0 Å². The van der Waals surface area contributed by atoms with Gasteiger partial charge in [0.1, 0.15) is 0 Å². The monoisotopic (exact) mass is 291 g/mol. The normalized spacial score (nSPS) is 20.2. The standard InChI is InChI=1S/C16H25N3S/c1-12(2)16-14(7-9-17)20-15(18-16)8-11-19-10-5-4-6-13(19)3/h12-13H,4-8,10-11H2,1-3H3. The van der Waals surface area contributed by atoms with E-state index in [0.717, 1.165) is 18.7 Å². The van der Waals surface area contributed by atoms with E-state index >= 15 is 0 Å². The van der Waals surface area contributed by atoms with Crippen molar-refractivity contribution in [3.63, 3.8) is 0 Å².